The zero-order valence-electron chi connectivity index (χ0n) is 38.6. The Hall–Kier alpha value is -7.02. The average molecular weight is 937 g/mol. The molecule has 6 amide bonds. The molecule has 0 bridgehead atoms. The first-order valence-electron chi connectivity index (χ1n) is 23.6. The SMILES string of the molecule is COCCNC(=O)NC(CCNC(=O)CCCCc1ccc2c(n1)NC(c1ccc3c(NC(=O)NC(CCNC(=O)CCCCc4ccc5c(n4)NCCC5)C(=O)O)cccc3c1)CC2)C(=O)O. The van der Waals surface area contributed by atoms with E-state index in [1.54, 1.807) is 6.07 Å². The van der Waals surface area contributed by atoms with Crippen LogP contribution in [0, 0.1) is 0 Å². The molecule has 2 aromatic heterocycles. The van der Waals surface area contributed by atoms with E-state index in [1.807, 2.05) is 36.4 Å². The van der Waals surface area contributed by atoms with Gasteiger partial charge in [0.15, 0.2) is 0 Å². The van der Waals surface area contributed by atoms with Crippen LogP contribution in [-0.4, -0.2) is 108 Å². The van der Waals surface area contributed by atoms with E-state index in [0.717, 1.165) is 96.4 Å². The highest BCUT2D eigenvalue weighted by Crippen LogP contribution is 2.34. The zero-order chi connectivity index (χ0) is 48.3. The highest BCUT2D eigenvalue weighted by atomic mass is 16.5. The molecule has 0 radical (unpaired) electrons. The van der Waals surface area contributed by atoms with Crippen LogP contribution in [0.1, 0.15) is 98.3 Å². The van der Waals surface area contributed by atoms with Gasteiger partial charge in [-0.05, 0) is 123 Å². The van der Waals surface area contributed by atoms with Gasteiger partial charge in [-0.25, -0.2) is 29.1 Å². The van der Waals surface area contributed by atoms with Crippen LogP contribution in [0.4, 0.5) is 26.9 Å². The molecule has 10 N–H and O–H groups in total. The number of rotatable bonds is 25. The molecule has 68 heavy (non-hydrogen) atoms. The first-order valence-corrected chi connectivity index (χ1v) is 23.6. The number of nitrogens with one attached hydrogen (secondary N) is 8. The monoisotopic (exact) mass is 936 g/mol. The molecule has 2 aliphatic rings. The summed E-state index contributed by atoms with van der Waals surface area (Å²) >= 11 is 0. The number of carbonyl (C=O) groups is 6. The molecule has 19 nitrogen and oxygen atoms in total. The Morgan fingerprint density at radius 2 is 1.35 bits per heavy atom. The number of carboxylic acids is 2. The molecule has 0 saturated heterocycles. The van der Waals surface area contributed by atoms with Crippen molar-refractivity contribution in [2.45, 2.75) is 108 Å². The van der Waals surface area contributed by atoms with Crippen molar-refractivity contribution in [3.8, 4) is 0 Å². The molecule has 0 saturated carbocycles. The number of amides is 6. The van der Waals surface area contributed by atoms with Crippen molar-refractivity contribution in [3.63, 3.8) is 0 Å². The van der Waals surface area contributed by atoms with Gasteiger partial charge < -0.3 is 57.5 Å². The number of nitrogens with zero attached hydrogens (tertiary/aromatic N) is 2. The van der Waals surface area contributed by atoms with Crippen LogP contribution in [0.15, 0.2) is 60.7 Å². The van der Waals surface area contributed by atoms with Gasteiger partial charge in [-0.3, -0.25) is 9.59 Å². The molecule has 0 fully saturated rings. The summed E-state index contributed by atoms with van der Waals surface area (Å²) in [5.74, 6) is -0.981. The minimum atomic E-state index is -1.21. The number of fused-ring (bicyclic) bond motifs is 3. The second-order valence-electron chi connectivity index (χ2n) is 17.1. The molecule has 2 aliphatic heterocycles. The number of aromatic nitrogens is 2. The molecule has 364 valence electrons. The number of hydrogen-bond acceptors (Lipinski definition) is 11. The van der Waals surface area contributed by atoms with Crippen molar-refractivity contribution in [3.05, 3.63) is 88.7 Å². The summed E-state index contributed by atoms with van der Waals surface area (Å²) in [5, 5.41) is 43.7. The minimum Gasteiger partial charge on any atom is -0.480 e. The number of ether oxygens (including phenoxy) is 1. The van der Waals surface area contributed by atoms with Gasteiger partial charge in [-0.15, -0.1) is 0 Å². The molecule has 3 unspecified atom stereocenters. The number of carboxylic acid groups (broad SMARTS) is 2. The smallest absolute Gasteiger partial charge is 0.326 e. The summed E-state index contributed by atoms with van der Waals surface area (Å²) in [4.78, 5) is 83.2. The summed E-state index contributed by atoms with van der Waals surface area (Å²) in [6.45, 7) is 1.67. The number of aryl methyl sites for hydroxylation is 4. The maximum absolute atomic E-state index is 13.1. The third-order valence-corrected chi connectivity index (χ3v) is 12.0. The normalized spacial score (nSPS) is 14.7. The van der Waals surface area contributed by atoms with Crippen LogP contribution in [0.3, 0.4) is 0 Å². The van der Waals surface area contributed by atoms with E-state index in [-0.39, 0.29) is 56.8 Å². The number of aliphatic carboxylic acids is 2. The second-order valence-corrected chi connectivity index (χ2v) is 17.1. The fraction of sp³-hybridized carbons (Fsp3) is 0.469. The number of pyridine rings is 2. The number of benzene rings is 2. The third-order valence-electron chi connectivity index (χ3n) is 12.0. The zero-order valence-corrected chi connectivity index (χ0v) is 38.6. The van der Waals surface area contributed by atoms with Crippen LogP contribution in [-0.2, 0) is 49.6 Å². The third kappa shape index (κ3) is 15.5. The van der Waals surface area contributed by atoms with Crippen molar-refractivity contribution in [2.24, 2.45) is 0 Å². The maximum atomic E-state index is 13.1. The Bertz CT molecular complexity index is 2400. The molecule has 4 aromatic rings. The highest BCUT2D eigenvalue weighted by molar-refractivity contribution is 6.02. The summed E-state index contributed by atoms with van der Waals surface area (Å²) < 4.78 is 4.86. The Kier molecular flexibility index (Phi) is 19.1. The van der Waals surface area contributed by atoms with E-state index in [9.17, 15) is 39.0 Å². The lowest BCUT2D eigenvalue weighted by Crippen LogP contribution is -2.48. The van der Waals surface area contributed by atoms with Crippen molar-refractivity contribution in [1.29, 1.82) is 0 Å². The molecule has 6 rings (SSSR count). The first-order chi connectivity index (χ1) is 32.9. The number of carbonyl (C=O) groups excluding carboxylic acids is 4. The summed E-state index contributed by atoms with van der Waals surface area (Å²) in [7, 11) is 1.49. The number of methoxy groups -OCH3 is 1. The Balaban J connectivity index is 0.905. The van der Waals surface area contributed by atoms with Crippen LogP contribution in [0.5, 0.6) is 0 Å². The van der Waals surface area contributed by atoms with Crippen molar-refractivity contribution in [2.75, 3.05) is 55.8 Å². The lowest BCUT2D eigenvalue weighted by Gasteiger charge is -2.27. The molecule has 0 spiro atoms. The topological polar surface area (TPSA) is 274 Å². The summed E-state index contributed by atoms with van der Waals surface area (Å²) in [6, 6.07) is 16.2. The molecular formula is C49H64N10O9. The van der Waals surface area contributed by atoms with Crippen LogP contribution < -0.4 is 42.5 Å². The van der Waals surface area contributed by atoms with E-state index in [1.165, 1.54) is 12.7 Å². The van der Waals surface area contributed by atoms with Gasteiger partial charge in [0.05, 0.1) is 18.3 Å². The van der Waals surface area contributed by atoms with Gasteiger partial charge in [0.25, 0.3) is 0 Å². The Morgan fingerprint density at radius 1 is 0.721 bits per heavy atom. The molecule has 2 aromatic carbocycles. The van der Waals surface area contributed by atoms with Gasteiger partial charge in [-0.2, -0.15) is 0 Å². The average Bonchev–Trinajstić information content (AvgIpc) is 3.33. The van der Waals surface area contributed by atoms with E-state index in [4.69, 9.17) is 14.7 Å². The predicted octanol–water partition coefficient (Wildman–Crippen LogP) is 5.20. The molecule has 19 heteroatoms. The molecule has 0 aliphatic carbocycles. The summed E-state index contributed by atoms with van der Waals surface area (Å²) in [6.07, 6.45) is 8.74. The largest absolute Gasteiger partial charge is 0.480 e. The second kappa shape index (κ2) is 25.8. The highest BCUT2D eigenvalue weighted by Gasteiger charge is 2.24. The lowest BCUT2D eigenvalue weighted by molar-refractivity contribution is -0.140. The van der Waals surface area contributed by atoms with Crippen LogP contribution >= 0.6 is 0 Å². The van der Waals surface area contributed by atoms with Gasteiger partial charge in [0, 0.05) is 62.9 Å². The van der Waals surface area contributed by atoms with E-state index >= 15 is 0 Å². The van der Waals surface area contributed by atoms with Crippen LogP contribution in [0.2, 0.25) is 0 Å². The van der Waals surface area contributed by atoms with E-state index in [0.29, 0.717) is 38.0 Å². The van der Waals surface area contributed by atoms with E-state index < -0.39 is 36.1 Å². The van der Waals surface area contributed by atoms with Gasteiger partial charge >= 0.3 is 24.0 Å². The van der Waals surface area contributed by atoms with Crippen molar-refractivity contribution < 1.29 is 43.7 Å². The fourth-order valence-corrected chi connectivity index (χ4v) is 8.30. The van der Waals surface area contributed by atoms with Crippen molar-refractivity contribution >= 4 is 63.9 Å². The lowest BCUT2D eigenvalue weighted by atomic mass is 9.93. The first kappa shape index (κ1) is 50.4. The summed E-state index contributed by atoms with van der Waals surface area (Å²) in [5.41, 5.74) is 5.83. The molecular weight excluding hydrogens is 873 g/mol. The minimum absolute atomic E-state index is 0.00871. The van der Waals surface area contributed by atoms with Crippen molar-refractivity contribution in [1.82, 2.24) is 36.6 Å². The van der Waals surface area contributed by atoms with E-state index in [2.05, 4.69) is 60.7 Å². The maximum Gasteiger partial charge on any atom is 0.326 e. The number of urea groups is 2. The Morgan fingerprint density at radius 3 is 2.00 bits per heavy atom. The van der Waals surface area contributed by atoms with Gasteiger partial charge in [-0.1, -0.05) is 36.4 Å². The van der Waals surface area contributed by atoms with Crippen LogP contribution in [0.25, 0.3) is 10.8 Å². The quantitative estimate of drug-likeness (QED) is 0.0384. The predicted molar refractivity (Wildman–Crippen MR) is 258 cm³/mol. The fourth-order valence-electron chi connectivity index (χ4n) is 8.30. The standard InChI is InChI=1S/C49H64N10O9/c1-68-29-28-53-48(66)58-40(46(62)63)23-26-50-42(60)14-5-3-11-36-20-16-32-18-22-38(56-45(32)55-36)34-17-21-37-33(30-34)8-6-12-39(37)57-49(67)59-41(47(64)65)24-27-51-43(61)13-4-2-10-35-19-15-31-9-7-25-52-44(31)54-35/h6,8,12,15-17,19-21,30,38,40-41H,2-5,7,9-11,13-14,18,22-29H2,1H3,(H,50,60)(H,51,61)(H,52,54)(H,55,56)(H,62,63)(H,64,65)(H2,53,58,66)(H2,57,59,67). The number of anilines is 3. The Labute approximate surface area is 395 Å². The number of unbranched alkanes of at least 4 members (excludes halogenated alkanes) is 2. The molecule has 3 atom stereocenters. The molecule has 4 heterocycles. The van der Waals surface area contributed by atoms with Gasteiger partial charge in [0.2, 0.25) is 11.8 Å². The number of hydrogen-bond donors (Lipinski definition) is 10. The van der Waals surface area contributed by atoms with Gasteiger partial charge in [0.1, 0.15) is 23.7 Å².